The Balaban J connectivity index is 1.85. The second-order valence-corrected chi connectivity index (χ2v) is 4.66. The molecule has 0 radical (unpaired) electrons. The molecule has 0 atom stereocenters. The van der Waals surface area contributed by atoms with E-state index in [-0.39, 0.29) is 5.91 Å². The van der Waals surface area contributed by atoms with Gasteiger partial charge in [0.05, 0.1) is 12.7 Å². The summed E-state index contributed by atoms with van der Waals surface area (Å²) < 4.78 is 4.94. The van der Waals surface area contributed by atoms with E-state index in [1.54, 1.807) is 12.1 Å². The maximum absolute atomic E-state index is 11.9. The number of aromatic nitrogens is 1. The Morgan fingerprint density at radius 1 is 1.35 bits per heavy atom. The van der Waals surface area contributed by atoms with Crippen LogP contribution in [0.5, 0.6) is 5.88 Å². The maximum Gasteiger partial charge on any atom is 0.252 e. The summed E-state index contributed by atoms with van der Waals surface area (Å²) in [7, 11) is 1.53. The number of rotatable bonds is 5. The summed E-state index contributed by atoms with van der Waals surface area (Å²) >= 11 is 5.90. The van der Waals surface area contributed by atoms with E-state index in [1.807, 2.05) is 24.3 Å². The second kappa shape index (κ2) is 6.91. The number of halogens is 1. The molecule has 4 nitrogen and oxygen atoms in total. The molecule has 20 heavy (non-hydrogen) atoms. The highest BCUT2D eigenvalue weighted by atomic mass is 35.5. The molecule has 0 aliphatic carbocycles. The van der Waals surface area contributed by atoms with Gasteiger partial charge in [-0.25, -0.2) is 4.98 Å². The minimum absolute atomic E-state index is 0.151. The van der Waals surface area contributed by atoms with Gasteiger partial charge in [0.25, 0.3) is 5.91 Å². The van der Waals surface area contributed by atoms with E-state index in [2.05, 4.69) is 10.3 Å². The lowest BCUT2D eigenvalue weighted by Crippen LogP contribution is -2.25. The summed E-state index contributed by atoms with van der Waals surface area (Å²) in [5.41, 5.74) is 1.60. The molecule has 0 fully saturated rings. The predicted octanol–water partition coefficient (Wildman–Crippen LogP) is 2.72. The fourth-order valence-corrected chi connectivity index (χ4v) is 1.96. The Morgan fingerprint density at radius 2 is 2.20 bits per heavy atom. The third kappa shape index (κ3) is 3.96. The number of pyridine rings is 1. The number of ether oxygens (including phenoxy) is 1. The molecule has 1 aromatic heterocycles. The fourth-order valence-electron chi connectivity index (χ4n) is 1.75. The van der Waals surface area contributed by atoms with Crippen molar-refractivity contribution in [3.8, 4) is 5.88 Å². The Hall–Kier alpha value is -2.07. The highest BCUT2D eigenvalue weighted by Gasteiger charge is 2.05. The third-order valence-corrected chi connectivity index (χ3v) is 3.03. The van der Waals surface area contributed by atoms with Crippen molar-refractivity contribution in [3.63, 3.8) is 0 Å². The lowest BCUT2D eigenvalue weighted by molar-refractivity contribution is 0.0953. The van der Waals surface area contributed by atoms with Crippen molar-refractivity contribution >= 4 is 17.5 Å². The van der Waals surface area contributed by atoms with Gasteiger partial charge in [0, 0.05) is 23.8 Å². The van der Waals surface area contributed by atoms with E-state index >= 15 is 0 Å². The molecule has 0 bridgehead atoms. The van der Waals surface area contributed by atoms with Crippen LogP contribution in [0.1, 0.15) is 15.9 Å². The monoisotopic (exact) mass is 290 g/mol. The maximum atomic E-state index is 11.9. The van der Waals surface area contributed by atoms with Crippen LogP contribution in [0, 0.1) is 0 Å². The van der Waals surface area contributed by atoms with Crippen molar-refractivity contribution in [1.29, 1.82) is 0 Å². The number of nitrogens with one attached hydrogen (secondary N) is 1. The van der Waals surface area contributed by atoms with Gasteiger partial charge in [0.2, 0.25) is 5.88 Å². The normalized spacial score (nSPS) is 10.1. The molecule has 2 aromatic rings. The van der Waals surface area contributed by atoms with Crippen molar-refractivity contribution in [2.75, 3.05) is 13.7 Å². The first-order chi connectivity index (χ1) is 9.69. The van der Waals surface area contributed by atoms with Crippen molar-refractivity contribution in [1.82, 2.24) is 10.3 Å². The van der Waals surface area contributed by atoms with E-state index in [4.69, 9.17) is 16.3 Å². The van der Waals surface area contributed by atoms with Gasteiger partial charge in [-0.3, -0.25) is 4.79 Å². The average Bonchev–Trinajstić information content (AvgIpc) is 2.47. The second-order valence-electron chi connectivity index (χ2n) is 4.23. The number of carbonyl (C=O) groups excluding carboxylic acids is 1. The lowest BCUT2D eigenvalue weighted by Gasteiger charge is -2.06. The first-order valence-corrected chi connectivity index (χ1v) is 6.59. The summed E-state index contributed by atoms with van der Waals surface area (Å²) in [6, 6.07) is 10.9. The van der Waals surface area contributed by atoms with Gasteiger partial charge in [-0.2, -0.15) is 0 Å². The number of benzene rings is 1. The Bertz CT molecular complexity index is 585. The number of hydrogen-bond donors (Lipinski definition) is 1. The smallest absolute Gasteiger partial charge is 0.252 e. The molecule has 1 amide bonds. The molecule has 1 heterocycles. The molecule has 0 aliphatic heterocycles. The summed E-state index contributed by atoms with van der Waals surface area (Å²) in [5, 5.41) is 3.54. The van der Waals surface area contributed by atoms with Gasteiger partial charge in [-0.05, 0) is 30.2 Å². The Morgan fingerprint density at radius 3 is 2.85 bits per heavy atom. The molecule has 0 saturated carbocycles. The molecule has 5 heteroatoms. The van der Waals surface area contributed by atoms with Gasteiger partial charge < -0.3 is 10.1 Å². The molecule has 0 spiro atoms. The number of methoxy groups -OCH3 is 1. The first kappa shape index (κ1) is 14.3. The Labute approximate surface area is 122 Å². The van der Waals surface area contributed by atoms with Crippen LogP contribution in [0.2, 0.25) is 5.02 Å². The number of carbonyl (C=O) groups is 1. The van der Waals surface area contributed by atoms with Crippen LogP contribution in [0.15, 0.2) is 42.6 Å². The minimum atomic E-state index is -0.151. The lowest BCUT2D eigenvalue weighted by atomic mass is 10.1. The molecule has 1 N–H and O–H groups in total. The minimum Gasteiger partial charge on any atom is -0.481 e. The summed E-state index contributed by atoms with van der Waals surface area (Å²) in [6.07, 6.45) is 2.23. The SMILES string of the molecule is COc1ccc(C(=O)NCCc2cccc(Cl)c2)cn1. The molecular formula is C15H15ClN2O2. The van der Waals surface area contributed by atoms with E-state index in [0.717, 1.165) is 12.0 Å². The van der Waals surface area contributed by atoms with Crippen LogP contribution in [0.4, 0.5) is 0 Å². The highest BCUT2D eigenvalue weighted by molar-refractivity contribution is 6.30. The standard InChI is InChI=1S/C15H15ClN2O2/c1-20-14-6-5-12(10-18-14)15(19)17-8-7-11-3-2-4-13(16)9-11/h2-6,9-10H,7-8H2,1H3,(H,17,19). The van der Waals surface area contributed by atoms with Crippen molar-refractivity contribution in [3.05, 3.63) is 58.7 Å². The van der Waals surface area contributed by atoms with Crippen molar-refractivity contribution in [2.45, 2.75) is 6.42 Å². The summed E-state index contributed by atoms with van der Waals surface area (Å²) in [6.45, 7) is 0.547. The van der Waals surface area contributed by atoms with Gasteiger partial charge in [0.1, 0.15) is 0 Å². The van der Waals surface area contributed by atoms with E-state index in [0.29, 0.717) is 23.0 Å². The topological polar surface area (TPSA) is 51.2 Å². The number of nitrogens with zero attached hydrogens (tertiary/aromatic N) is 1. The van der Waals surface area contributed by atoms with Gasteiger partial charge >= 0.3 is 0 Å². The molecule has 0 unspecified atom stereocenters. The van der Waals surface area contributed by atoms with E-state index < -0.39 is 0 Å². The van der Waals surface area contributed by atoms with Crippen molar-refractivity contribution < 1.29 is 9.53 Å². The molecular weight excluding hydrogens is 276 g/mol. The average molecular weight is 291 g/mol. The summed E-state index contributed by atoms with van der Waals surface area (Å²) in [4.78, 5) is 15.9. The van der Waals surface area contributed by atoms with Crippen LogP contribution < -0.4 is 10.1 Å². The quantitative estimate of drug-likeness (QED) is 0.921. The number of amides is 1. The van der Waals surface area contributed by atoms with E-state index in [1.165, 1.54) is 13.3 Å². The van der Waals surface area contributed by atoms with Crippen LogP contribution >= 0.6 is 11.6 Å². The van der Waals surface area contributed by atoms with Crippen LogP contribution in [0.3, 0.4) is 0 Å². The molecule has 1 aromatic carbocycles. The first-order valence-electron chi connectivity index (χ1n) is 6.22. The van der Waals surface area contributed by atoms with E-state index in [9.17, 15) is 4.79 Å². The van der Waals surface area contributed by atoms with Crippen molar-refractivity contribution in [2.24, 2.45) is 0 Å². The third-order valence-electron chi connectivity index (χ3n) is 2.80. The van der Waals surface area contributed by atoms with Gasteiger partial charge in [0.15, 0.2) is 0 Å². The fraction of sp³-hybridized carbons (Fsp3) is 0.200. The molecule has 0 aliphatic rings. The van der Waals surface area contributed by atoms with Crippen LogP contribution in [0.25, 0.3) is 0 Å². The zero-order valence-corrected chi connectivity index (χ0v) is 11.9. The van der Waals surface area contributed by atoms with Crippen LogP contribution in [-0.4, -0.2) is 24.5 Å². The summed E-state index contributed by atoms with van der Waals surface area (Å²) in [5.74, 6) is 0.336. The zero-order valence-electron chi connectivity index (χ0n) is 11.1. The number of hydrogen-bond acceptors (Lipinski definition) is 3. The largest absolute Gasteiger partial charge is 0.481 e. The molecule has 104 valence electrons. The predicted molar refractivity (Wildman–Crippen MR) is 78.3 cm³/mol. The molecule has 0 saturated heterocycles. The zero-order chi connectivity index (χ0) is 14.4. The van der Waals surface area contributed by atoms with Gasteiger partial charge in [-0.15, -0.1) is 0 Å². The molecule has 2 rings (SSSR count). The highest BCUT2D eigenvalue weighted by Crippen LogP contribution is 2.11. The van der Waals surface area contributed by atoms with Gasteiger partial charge in [-0.1, -0.05) is 23.7 Å². The Kier molecular flexibility index (Phi) is 4.96. The van der Waals surface area contributed by atoms with Crippen LogP contribution in [-0.2, 0) is 6.42 Å².